The third-order valence-electron chi connectivity index (χ3n) is 5.56. The second kappa shape index (κ2) is 9.49. The molecule has 1 aliphatic heterocycles. The Hall–Kier alpha value is -2.96. The highest BCUT2D eigenvalue weighted by atomic mass is 16.1. The van der Waals surface area contributed by atoms with E-state index in [1.54, 1.807) is 12.4 Å². The van der Waals surface area contributed by atoms with Crippen molar-refractivity contribution in [3.8, 4) is 0 Å². The molecule has 1 fully saturated rings. The van der Waals surface area contributed by atoms with E-state index < -0.39 is 0 Å². The predicted octanol–water partition coefficient (Wildman–Crippen LogP) is 2.82. The number of allylic oxidation sites excluding steroid dienone is 1. The fraction of sp³-hybridized carbons (Fsp3) is 0.455. The molecule has 0 saturated carbocycles. The van der Waals surface area contributed by atoms with Gasteiger partial charge in [-0.05, 0) is 44.2 Å². The minimum atomic E-state index is -0.152. The van der Waals surface area contributed by atoms with Crippen LogP contribution in [0.2, 0.25) is 0 Å². The molecular formula is C22H28N6O. The van der Waals surface area contributed by atoms with Gasteiger partial charge in [-0.2, -0.15) is 0 Å². The van der Waals surface area contributed by atoms with Gasteiger partial charge >= 0.3 is 0 Å². The van der Waals surface area contributed by atoms with E-state index in [2.05, 4.69) is 36.1 Å². The van der Waals surface area contributed by atoms with Gasteiger partial charge in [0.15, 0.2) is 0 Å². The van der Waals surface area contributed by atoms with Gasteiger partial charge in [0.1, 0.15) is 17.3 Å². The first-order chi connectivity index (χ1) is 14.3. The molecule has 7 heteroatoms. The summed E-state index contributed by atoms with van der Waals surface area (Å²) in [5.74, 6) is 1.67. The highest BCUT2D eigenvalue weighted by Gasteiger charge is 2.19. The third-order valence-corrected chi connectivity index (χ3v) is 5.56. The van der Waals surface area contributed by atoms with Crippen LogP contribution in [-0.2, 0) is 0 Å². The molecule has 2 aromatic rings. The average molecular weight is 393 g/mol. The van der Waals surface area contributed by atoms with Crippen molar-refractivity contribution in [2.75, 3.05) is 42.5 Å². The van der Waals surface area contributed by atoms with Gasteiger partial charge in [-0.25, -0.2) is 15.0 Å². The lowest BCUT2D eigenvalue weighted by atomic mass is 9.97. The molecule has 3 heterocycles. The van der Waals surface area contributed by atoms with Crippen molar-refractivity contribution in [3.05, 3.63) is 54.1 Å². The van der Waals surface area contributed by atoms with Crippen LogP contribution in [0.15, 0.2) is 48.4 Å². The summed E-state index contributed by atoms with van der Waals surface area (Å²) in [6.45, 7) is 4.13. The van der Waals surface area contributed by atoms with Crippen molar-refractivity contribution >= 4 is 17.5 Å². The zero-order valence-electron chi connectivity index (χ0n) is 16.8. The Balaban J connectivity index is 1.25. The van der Waals surface area contributed by atoms with E-state index in [9.17, 15) is 4.79 Å². The maximum Gasteiger partial charge on any atom is 0.271 e. The molecule has 2 aromatic heterocycles. The lowest BCUT2D eigenvalue weighted by Crippen LogP contribution is -2.47. The van der Waals surface area contributed by atoms with Crippen molar-refractivity contribution in [2.24, 2.45) is 0 Å². The first-order valence-corrected chi connectivity index (χ1v) is 10.5. The fourth-order valence-corrected chi connectivity index (χ4v) is 3.87. The van der Waals surface area contributed by atoms with Gasteiger partial charge in [0.25, 0.3) is 5.91 Å². The van der Waals surface area contributed by atoms with Gasteiger partial charge in [-0.3, -0.25) is 4.79 Å². The van der Waals surface area contributed by atoms with E-state index in [4.69, 9.17) is 0 Å². The number of pyridine rings is 1. The average Bonchev–Trinajstić information content (AvgIpc) is 2.80. The molecule has 0 spiro atoms. The van der Waals surface area contributed by atoms with Gasteiger partial charge in [-0.15, -0.1) is 0 Å². The van der Waals surface area contributed by atoms with Crippen LogP contribution < -0.4 is 15.1 Å². The normalized spacial score (nSPS) is 17.0. The molecule has 0 aromatic carbocycles. The van der Waals surface area contributed by atoms with Crippen LogP contribution in [0.1, 0.15) is 42.6 Å². The Morgan fingerprint density at radius 3 is 2.45 bits per heavy atom. The van der Waals surface area contributed by atoms with Crippen LogP contribution in [-0.4, -0.2) is 53.6 Å². The Morgan fingerprint density at radius 2 is 1.79 bits per heavy atom. The van der Waals surface area contributed by atoms with Crippen LogP contribution in [0.25, 0.3) is 0 Å². The van der Waals surface area contributed by atoms with E-state index in [1.165, 1.54) is 24.8 Å². The van der Waals surface area contributed by atoms with Crippen molar-refractivity contribution in [2.45, 2.75) is 32.1 Å². The number of amides is 1. The summed E-state index contributed by atoms with van der Waals surface area (Å²) in [5.41, 5.74) is 1.83. The van der Waals surface area contributed by atoms with Crippen molar-refractivity contribution < 1.29 is 4.79 Å². The first kappa shape index (κ1) is 19.4. The fourth-order valence-electron chi connectivity index (χ4n) is 3.87. The third kappa shape index (κ3) is 5.10. The molecule has 2 aliphatic rings. The van der Waals surface area contributed by atoms with Crippen LogP contribution in [0.3, 0.4) is 0 Å². The maximum atomic E-state index is 12.3. The second-order valence-electron chi connectivity index (χ2n) is 7.54. The number of hydrogen-bond acceptors (Lipinski definition) is 6. The molecule has 1 aliphatic carbocycles. The second-order valence-corrected chi connectivity index (χ2v) is 7.54. The lowest BCUT2D eigenvalue weighted by Gasteiger charge is -2.35. The van der Waals surface area contributed by atoms with Crippen LogP contribution >= 0.6 is 0 Å². The summed E-state index contributed by atoms with van der Waals surface area (Å²) in [4.78, 5) is 30.0. The molecular weight excluding hydrogens is 364 g/mol. The number of anilines is 2. The number of rotatable bonds is 6. The molecule has 1 N–H and O–H groups in total. The summed E-state index contributed by atoms with van der Waals surface area (Å²) in [6.07, 6.45) is 13.2. The monoisotopic (exact) mass is 392 g/mol. The summed E-state index contributed by atoms with van der Waals surface area (Å²) in [5, 5.41) is 2.96. The van der Waals surface area contributed by atoms with Crippen molar-refractivity contribution in [3.63, 3.8) is 0 Å². The van der Waals surface area contributed by atoms with Crippen LogP contribution in [0, 0.1) is 0 Å². The van der Waals surface area contributed by atoms with Gasteiger partial charge in [-0.1, -0.05) is 17.7 Å². The van der Waals surface area contributed by atoms with Crippen LogP contribution in [0.4, 0.5) is 11.6 Å². The number of nitrogens with one attached hydrogen (secondary N) is 1. The summed E-state index contributed by atoms with van der Waals surface area (Å²) >= 11 is 0. The van der Waals surface area contributed by atoms with Gasteiger partial charge in [0.05, 0.1) is 12.4 Å². The molecule has 4 rings (SSSR count). The van der Waals surface area contributed by atoms with E-state index in [0.717, 1.165) is 50.7 Å². The van der Waals surface area contributed by atoms with E-state index in [1.807, 2.05) is 24.4 Å². The zero-order valence-corrected chi connectivity index (χ0v) is 16.8. The topological polar surface area (TPSA) is 74.2 Å². The molecule has 29 heavy (non-hydrogen) atoms. The molecule has 1 amide bonds. The number of nitrogens with zero attached hydrogens (tertiary/aromatic N) is 5. The van der Waals surface area contributed by atoms with Gasteiger partial charge < -0.3 is 15.1 Å². The largest absolute Gasteiger partial charge is 0.353 e. The highest BCUT2D eigenvalue weighted by Crippen LogP contribution is 2.19. The number of hydrogen-bond donors (Lipinski definition) is 1. The van der Waals surface area contributed by atoms with E-state index in [0.29, 0.717) is 12.2 Å². The molecule has 0 radical (unpaired) electrons. The minimum Gasteiger partial charge on any atom is -0.353 e. The summed E-state index contributed by atoms with van der Waals surface area (Å²) in [6, 6.07) is 5.98. The SMILES string of the molecule is O=C(NCCC1=CCCCC1)c1cnc(N2CCN(c3ccccn3)CC2)cn1. The summed E-state index contributed by atoms with van der Waals surface area (Å²) in [7, 11) is 0. The number of piperazine rings is 1. The van der Waals surface area contributed by atoms with Gasteiger partial charge in [0.2, 0.25) is 0 Å². The Kier molecular flexibility index (Phi) is 6.34. The molecule has 152 valence electrons. The standard InChI is InChI=1S/C22H28N6O/c29-22(24-11-9-18-6-2-1-3-7-18)19-16-26-21(17-25-19)28-14-12-27(13-15-28)20-8-4-5-10-23-20/h4-6,8,10,16-17H,1-3,7,9,11-15H2,(H,24,29). The molecule has 7 nitrogen and oxygen atoms in total. The first-order valence-electron chi connectivity index (χ1n) is 10.5. The Morgan fingerprint density at radius 1 is 0.966 bits per heavy atom. The maximum absolute atomic E-state index is 12.3. The summed E-state index contributed by atoms with van der Waals surface area (Å²) < 4.78 is 0. The van der Waals surface area contributed by atoms with Crippen molar-refractivity contribution in [1.82, 2.24) is 20.3 Å². The number of aromatic nitrogens is 3. The Labute approximate surface area is 171 Å². The highest BCUT2D eigenvalue weighted by molar-refractivity contribution is 5.92. The van der Waals surface area contributed by atoms with E-state index >= 15 is 0 Å². The van der Waals surface area contributed by atoms with E-state index in [-0.39, 0.29) is 5.91 Å². The molecule has 0 atom stereocenters. The van der Waals surface area contributed by atoms with Gasteiger partial charge in [0, 0.05) is 38.9 Å². The van der Waals surface area contributed by atoms with Crippen molar-refractivity contribution in [1.29, 1.82) is 0 Å². The Bertz CT molecular complexity index is 828. The predicted molar refractivity (Wildman–Crippen MR) is 114 cm³/mol. The van der Waals surface area contributed by atoms with Crippen LogP contribution in [0.5, 0.6) is 0 Å². The smallest absolute Gasteiger partial charge is 0.271 e. The molecule has 0 unspecified atom stereocenters. The molecule has 1 saturated heterocycles. The minimum absolute atomic E-state index is 0.152. The lowest BCUT2D eigenvalue weighted by molar-refractivity contribution is 0.0948. The number of carbonyl (C=O) groups excluding carboxylic acids is 1. The molecule has 0 bridgehead atoms. The zero-order chi connectivity index (χ0) is 19.9. The quantitative estimate of drug-likeness (QED) is 0.762. The number of carbonyl (C=O) groups is 1.